The highest BCUT2D eigenvalue weighted by Crippen LogP contribution is 2.35. The molecular weight excluding hydrogens is 256 g/mol. The summed E-state index contributed by atoms with van der Waals surface area (Å²) in [5, 5.41) is 3.59. The van der Waals surface area contributed by atoms with Gasteiger partial charge in [-0.1, -0.05) is 43.7 Å². The number of nitrogens with one attached hydrogen (secondary N) is 1. The minimum Gasteiger partial charge on any atom is -0.315 e. The van der Waals surface area contributed by atoms with Gasteiger partial charge >= 0.3 is 0 Å². The minimum absolute atomic E-state index is 0.697. The Morgan fingerprint density at radius 1 is 1.14 bits per heavy atom. The molecule has 1 saturated heterocycles. The number of hydrogen-bond acceptors (Lipinski definition) is 2. The summed E-state index contributed by atoms with van der Waals surface area (Å²) in [6, 6.07) is 12.5. The number of nitrogens with zero attached hydrogens (tertiary/aromatic N) is 1. The van der Waals surface area contributed by atoms with E-state index >= 15 is 0 Å². The van der Waals surface area contributed by atoms with Gasteiger partial charge in [0.15, 0.2) is 0 Å². The van der Waals surface area contributed by atoms with Crippen molar-refractivity contribution in [3.8, 4) is 0 Å². The summed E-state index contributed by atoms with van der Waals surface area (Å²) in [4.78, 5) is 2.78. The molecule has 2 nitrogen and oxygen atoms in total. The smallest absolute Gasteiger partial charge is 0.0252 e. The van der Waals surface area contributed by atoms with Gasteiger partial charge in [0.2, 0.25) is 0 Å². The Morgan fingerprint density at radius 2 is 1.95 bits per heavy atom. The number of likely N-dealkylation sites (N-methyl/N-ethyl adjacent to an activating group) is 1. The molecule has 4 atom stereocenters. The van der Waals surface area contributed by atoms with E-state index in [4.69, 9.17) is 0 Å². The molecule has 0 spiro atoms. The zero-order chi connectivity index (χ0) is 14.7. The molecule has 1 aliphatic heterocycles. The summed E-state index contributed by atoms with van der Waals surface area (Å²) in [5.74, 6) is 1.68. The zero-order valence-corrected chi connectivity index (χ0v) is 13.6. The van der Waals surface area contributed by atoms with Gasteiger partial charge in [-0.15, -0.1) is 0 Å². The van der Waals surface area contributed by atoms with Gasteiger partial charge in [-0.3, -0.25) is 4.90 Å². The summed E-state index contributed by atoms with van der Waals surface area (Å²) in [5.41, 5.74) is 1.53. The lowest BCUT2D eigenvalue weighted by Gasteiger charge is -2.41. The van der Waals surface area contributed by atoms with Gasteiger partial charge in [0.25, 0.3) is 0 Å². The van der Waals surface area contributed by atoms with E-state index < -0.39 is 0 Å². The Labute approximate surface area is 129 Å². The standard InChI is InChI=1S/C19H30N2/c1-3-15-9-10-18(20-2)19(13-15)21-12-11-17(14-21)16-7-5-4-6-8-16/h4-8,15,17-20H,3,9-14H2,1-2H3. The Bertz CT molecular complexity index is 430. The molecule has 0 radical (unpaired) electrons. The van der Waals surface area contributed by atoms with Gasteiger partial charge in [-0.25, -0.2) is 0 Å². The first-order chi connectivity index (χ1) is 10.3. The summed E-state index contributed by atoms with van der Waals surface area (Å²) >= 11 is 0. The summed E-state index contributed by atoms with van der Waals surface area (Å²) in [6.07, 6.45) is 6.83. The van der Waals surface area contributed by atoms with E-state index in [0.29, 0.717) is 6.04 Å². The monoisotopic (exact) mass is 286 g/mol. The second-order valence-corrected chi connectivity index (χ2v) is 6.94. The van der Waals surface area contributed by atoms with Crippen LogP contribution in [0.25, 0.3) is 0 Å². The van der Waals surface area contributed by atoms with Crippen LogP contribution in [0.1, 0.15) is 50.5 Å². The molecule has 2 fully saturated rings. The number of rotatable bonds is 4. The summed E-state index contributed by atoms with van der Waals surface area (Å²) in [7, 11) is 2.15. The first kappa shape index (κ1) is 15.1. The Balaban J connectivity index is 1.66. The van der Waals surface area contributed by atoms with Crippen LogP contribution in [0.15, 0.2) is 30.3 Å². The largest absolute Gasteiger partial charge is 0.315 e. The third kappa shape index (κ3) is 3.32. The predicted molar refractivity (Wildman–Crippen MR) is 89.6 cm³/mol. The fraction of sp³-hybridized carbons (Fsp3) is 0.684. The zero-order valence-electron chi connectivity index (χ0n) is 13.6. The lowest BCUT2D eigenvalue weighted by atomic mass is 9.80. The molecule has 1 aromatic carbocycles. The van der Waals surface area contributed by atoms with Crippen molar-refractivity contribution in [2.24, 2.45) is 5.92 Å². The van der Waals surface area contributed by atoms with Crippen LogP contribution >= 0.6 is 0 Å². The van der Waals surface area contributed by atoms with Gasteiger partial charge < -0.3 is 5.32 Å². The molecule has 2 aliphatic rings. The van der Waals surface area contributed by atoms with Crippen molar-refractivity contribution in [1.82, 2.24) is 10.2 Å². The first-order valence-corrected chi connectivity index (χ1v) is 8.78. The molecule has 1 saturated carbocycles. The highest BCUT2D eigenvalue weighted by molar-refractivity contribution is 5.21. The van der Waals surface area contributed by atoms with E-state index in [-0.39, 0.29) is 0 Å². The van der Waals surface area contributed by atoms with Crippen LogP contribution < -0.4 is 5.32 Å². The molecule has 0 bridgehead atoms. The number of benzene rings is 1. The maximum absolute atomic E-state index is 3.59. The van der Waals surface area contributed by atoms with Gasteiger partial charge in [0, 0.05) is 18.6 Å². The molecule has 3 rings (SSSR count). The molecule has 0 aromatic heterocycles. The lowest BCUT2D eigenvalue weighted by Crippen LogP contribution is -2.51. The molecule has 1 aliphatic carbocycles. The fourth-order valence-electron chi connectivity index (χ4n) is 4.43. The lowest BCUT2D eigenvalue weighted by molar-refractivity contribution is 0.119. The van der Waals surface area contributed by atoms with Gasteiger partial charge in [-0.05, 0) is 56.7 Å². The third-order valence-corrected chi connectivity index (χ3v) is 5.83. The molecule has 1 N–H and O–H groups in total. The second kappa shape index (κ2) is 6.93. The summed E-state index contributed by atoms with van der Waals surface area (Å²) in [6.45, 7) is 4.89. The van der Waals surface area contributed by atoms with Crippen molar-refractivity contribution in [2.45, 2.75) is 57.0 Å². The second-order valence-electron chi connectivity index (χ2n) is 6.94. The number of hydrogen-bond donors (Lipinski definition) is 1. The Kier molecular flexibility index (Phi) is 4.97. The maximum atomic E-state index is 3.59. The molecule has 4 unspecified atom stereocenters. The van der Waals surface area contributed by atoms with Crippen molar-refractivity contribution < 1.29 is 0 Å². The first-order valence-electron chi connectivity index (χ1n) is 8.78. The third-order valence-electron chi connectivity index (χ3n) is 5.83. The minimum atomic E-state index is 0.697. The van der Waals surface area contributed by atoms with Crippen LogP contribution in [0.4, 0.5) is 0 Å². The molecule has 1 aromatic rings. The average Bonchev–Trinajstić information content (AvgIpc) is 3.05. The molecular formula is C19H30N2. The van der Waals surface area contributed by atoms with E-state index in [2.05, 4.69) is 54.5 Å². The molecule has 116 valence electrons. The highest BCUT2D eigenvalue weighted by atomic mass is 15.2. The van der Waals surface area contributed by atoms with Crippen molar-refractivity contribution in [3.63, 3.8) is 0 Å². The van der Waals surface area contributed by atoms with E-state index in [0.717, 1.165) is 17.9 Å². The van der Waals surface area contributed by atoms with E-state index in [9.17, 15) is 0 Å². The topological polar surface area (TPSA) is 15.3 Å². The van der Waals surface area contributed by atoms with Crippen LogP contribution in [-0.4, -0.2) is 37.1 Å². The average molecular weight is 286 g/mol. The van der Waals surface area contributed by atoms with Crippen molar-refractivity contribution >= 4 is 0 Å². The van der Waals surface area contributed by atoms with Crippen molar-refractivity contribution in [1.29, 1.82) is 0 Å². The van der Waals surface area contributed by atoms with Crippen LogP contribution in [0.3, 0.4) is 0 Å². The molecule has 2 heteroatoms. The summed E-state index contributed by atoms with van der Waals surface area (Å²) < 4.78 is 0. The molecule has 1 heterocycles. The Hall–Kier alpha value is -0.860. The van der Waals surface area contributed by atoms with E-state index in [1.807, 2.05) is 0 Å². The van der Waals surface area contributed by atoms with Gasteiger partial charge in [0.05, 0.1) is 0 Å². The molecule has 21 heavy (non-hydrogen) atoms. The number of likely N-dealkylation sites (tertiary alicyclic amines) is 1. The van der Waals surface area contributed by atoms with Gasteiger partial charge in [-0.2, -0.15) is 0 Å². The quantitative estimate of drug-likeness (QED) is 0.909. The van der Waals surface area contributed by atoms with Crippen LogP contribution in [0.5, 0.6) is 0 Å². The maximum Gasteiger partial charge on any atom is 0.0252 e. The van der Waals surface area contributed by atoms with E-state index in [1.54, 1.807) is 0 Å². The van der Waals surface area contributed by atoms with Crippen LogP contribution in [-0.2, 0) is 0 Å². The van der Waals surface area contributed by atoms with E-state index in [1.165, 1.54) is 50.8 Å². The van der Waals surface area contributed by atoms with Crippen molar-refractivity contribution in [3.05, 3.63) is 35.9 Å². The van der Waals surface area contributed by atoms with Crippen LogP contribution in [0, 0.1) is 5.92 Å². The highest BCUT2D eigenvalue weighted by Gasteiger charge is 2.36. The van der Waals surface area contributed by atoms with Crippen molar-refractivity contribution in [2.75, 3.05) is 20.1 Å². The molecule has 0 amide bonds. The van der Waals surface area contributed by atoms with Crippen LogP contribution in [0.2, 0.25) is 0 Å². The normalized spacial score (nSPS) is 34.2. The Morgan fingerprint density at radius 3 is 2.67 bits per heavy atom. The van der Waals surface area contributed by atoms with Gasteiger partial charge in [0.1, 0.15) is 0 Å². The predicted octanol–water partition coefficient (Wildman–Crippen LogP) is 3.64. The SMILES string of the molecule is CCC1CCC(NC)C(N2CCC(c3ccccc3)C2)C1. The fourth-order valence-corrected chi connectivity index (χ4v) is 4.43.